The molecule has 2 aromatic carbocycles. The number of nitrogens with zero attached hydrogens (tertiary/aromatic N) is 1. The fraction of sp³-hybridized carbons (Fsp3) is 0.280. The first-order valence-corrected chi connectivity index (χ1v) is 10.2. The van der Waals surface area contributed by atoms with E-state index in [0.717, 1.165) is 30.5 Å². The highest BCUT2D eigenvalue weighted by Crippen LogP contribution is 2.35. The molecule has 0 radical (unpaired) electrons. The van der Waals surface area contributed by atoms with Crippen LogP contribution >= 0.6 is 0 Å². The van der Waals surface area contributed by atoms with Gasteiger partial charge in [0.15, 0.2) is 0 Å². The van der Waals surface area contributed by atoms with Crippen LogP contribution in [0.2, 0.25) is 0 Å². The number of benzene rings is 2. The molecule has 1 amide bonds. The van der Waals surface area contributed by atoms with E-state index in [1.807, 2.05) is 18.3 Å². The highest BCUT2D eigenvalue weighted by Gasteiger charge is 2.23. The number of amides is 1. The second-order valence-electron chi connectivity index (χ2n) is 7.81. The Morgan fingerprint density at radius 1 is 1.00 bits per heavy atom. The topological polar surface area (TPSA) is 68.7 Å². The van der Waals surface area contributed by atoms with Crippen LogP contribution in [0.4, 0.5) is 0 Å². The minimum absolute atomic E-state index is 0.0456. The summed E-state index contributed by atoms with van der Waals surface area (Å²) in [4.78, 5) is 15.8. The van der Waals surface area contributed by atoms with E-state index in [1.165, 1.54) is 18.4 Å². The van der Waals surface area contributed by atoms with Crippen LogP contribution < -0.4 is 5.32 Å². The molecule has 3 aromatic rings. The van der Waals surface area contributed by atoms with Crippen LogP contribution in [0, 0.1) is 17.2 Å². The molecule has 0 spiro atoms. The Bertz CT molecular complexity index is 991. The van der Waals surface area contributed by atoms with E-state index in [9.17, 15) is 4.79 Å². The van der Waals surface area contributed by atoms with Crippen LogP contribution in [0.25, 0.3) is 11.1 Å². The van der Waals surface area contributed by atoms with Crippen LogP contribution in [-0.4, -0.2) is 17.4 Å². The van der Waals surface area contributed by atoms with E-state index < -0.39 is 0 Å². The average Bonchev–Trinajstić information content (AvgIpc) is 3.28. The van der Waals surface area contributed by atoms with Gasteiger partial charge < -0.3 is 10.3 Å². The van der Waals surface area contributed by atoms with E-state index in [-0.39, 0.29) is 5.91 Å². The van der Waals surface area contributed by atoms with Crippen LogP contribution in [0.5, 0.6) is 0 Å². The lowest BCUT2D eigenvalue weighted by Crippen LogP contribution is -2.31. The summed E-state index contributed by atoms with van der Waals surface area (Å²) >= 11 is 0. The Morgan fingerprint density at radius 3 is 2.41 bits per heavy atom. The summed E-state index contributed by atoms with van der Waals surface area (Å²) in [6.45, 7) is 0.721. The van der Waals surface area contributed by atoms with Gasteiger partial charge in [0, 0.05) is 24.5 Å². The number of carbonyl (C=O) groups is 1. The van der Waals surface area contributed by atoms with Gasteiger partial charge in [-0.2, -0.15) is 5.26 Å². The molecule has 1 saturated carbocycles. The molecule has 1 fully saturated rings. The van der Waals surface area contributed by atoms with Crippen LogP contribution in [0.3, 0.4) is 0 Å². The molecule has 0 aliphatic heterocycles. The number of hydrogen-bond donors (Lipinski definition) is 2. The Balaban J connectivity index is 1.33. The maximum absolute atomic E-state index is 12.8. The largest absolute Gasteiger partial charge is 0.366 e. The van der Waals surface area contributed by atoms with E-state index in [4.69, 9.17) is 5.26 Å². The first kappa shape index (κ1) is 19.0. The van der Waals surface area contributed by atoms with Crippen molar-refractivity contribution in [3.8, 4) is 17.2 Å². The van der Waals surface area contributed by atoms with Gasteiger partial charge in [-0.05, 0) is 60.8 Å². The minimum Gasteiger partial charge on any atom is -0.366 e. The molecule has 0 unspecified atom stereocenters. The summed E-state index contributed by atoms with van der Waals surface area (Å²) in [5.41, 5.74) is 4.49. The fourth-order valence-electron chi connectivity index (χ4n) is 4.27. The van der Waals surface area contributed by atoms with Gasteiger partial charge in [0.2, 0.25) is 0 Å². The summed E-state index contributed by atoms with van der Waals surface area (Å²) < 4.78 is 0. The first-order chi connectivity index (χ1) is 14.2. The lowest BCUT2D eigenvalue weighted by Gasteiger charge is -2.29. The molecule has 146 valence electrons. The number of nitriles is 1. The van der Waals surface area contributed by atoms with Gasteiger partial charge in [0.1, 0.15) is 0 Å². The molecule has 0 atom stereocenters. The monoisotopic (exact) mass is 383 g/mol. The minimum atomic E-state index is -0.0456. The lowest BCUT2D eigenvalue weighted by atomic mass is 9.78. The van der Waals surface area contributed by atoms with Crippen molar-refractivity contribution in [1.82, 2.24) is 10.3 Å². The molecular weight excluding hydrogens is 358 g/mol. The van der Waals surface area contributed by atoms with Crippen molar-refractivity contribution < 1.29 is 4.79 Å². The summed E-state index contributed by atoms with van der Waals surface area (Å²) in [7, 11) is 0. The second kappa shape index (κ2) is 8.79. The first-order valence-electron chi connectivity index (χ1n) is 10.2. The summed E-state index contributed by atoms with van der Waals surface area (Å²) in [5.74, 6) is 1.14. The molecule has 1 aromatic heterocycles. The predicted molar refractivity (Wildman–Crippen MR) is 114 cm³/mol. The number of hydrogen-bond acceptors (Lipinski definition) is 2. The Hall–Kier alpha value is -3.32. The van der Waals surface area contributed by atoms with Crippen molar-refractivity contribution in [3.05, 3.63) is 83.7 Å². The predicted octanol–water partition coefficient (Wildman–Crippen LogP) is 5.26. The van der Waals surface area contributed by atoms with Crippen molar-refractivity contribution in [2.75, 3.05) is 6.54 Å². The van der Waals surface area contributed by atoms with Crippen molar-refractivity contribution >= 4 is 5.91 Å². The average molecular weight is 383 g/mol. The fourth-order valence-corrected chi connectivity index (χ4v) is 4.27. The summed E-state index contributed by atoms with van der Waals surface area (Å²) in [5, 5.41) is 12.1. The molecule has 4 heteroatoms. The second-order valence-corrected chi connectivity index (χ2v) is 7.81. The van der Waals surface area contributed by atoms with Gasteiger partial charge in [0.05, 0.1) is 17.2 Å². The zero-order valence-corrected chi connectivity index (χ0v) is 16.4. The Kier molecular flexibility index (Phi) is 5.76. The summed E-state index contributed by atoms with van der Waals surface area (Å²) in [6.07, 6.45) is 8.25. The molecular formula is C25H25N3O. The number of H-pyrrole nitrogens is 1. The number of aromatic nitrogens is 1. The zero-order valence-electron chi connectivity index (χ0n) is 16.4. The maximum Gasteiger partial charge on any atom is 0.253 e. The third-order valence-corrected chi connectivity index (χ3v) is 5.98. The van der Waals surface area contributed by atoms with Crippen molar-refractivity contribution in [2.45, 2.75) is 31.6 Å². The van der Waals surface area contributed by atoms with Gasteiger partial charge in [-0.1, -0.05) is 42.5 Å². The van der Waals surface area contributed by atoms with Gasteiger partial charge in [-0.15, -0.1) is 0 Å². The molecule has 2 N–H and O–H groups in total. The maximum atomic E-state index is 12.8. The quantitative estimate of drug-likeness (QED) is 0.631. The van der Waals surface area contributed by atoms with Crippen LogP contribution in [0.1, 0.15) is 53.1 Å². The normalized spacial score (nSPS) is 18.7. The van der Waals surface area contributed by atoms with Crippen molar-refractivity contribution in [2.24, 2.45) is 5.92 Å². The molecule has 0 bridgehead atoms. The molecule has 1 aliphatic rings. The molecule has 4 rings (SSSR count). The Labute approximate surface area is 171 Å². The van der Waals surface area contributed by atoms with Gasteiger partial charge >= 0.3 is 0 Å². The number of rotatable bonds is 5. The molecule has 29 heavy (non-hydrogen) atoms. The smallest absolute Gasteiger partial charge is 0.253 e. The molecule has 1 aliphatic carbocycles. The van der Waals surface area contributed by atoms with Crippen LogP contribution in [-0.2, 0) is 0 Å². The molecule has 4 nitrogen and oxygen atoms in total. The SMILES string of the molecule is N#Cc1ccc(-c2c[nH]cc2C(=O)NCC2CCC(c3ccccc3)CC2)cc1. The zero-order chi connectivity index (χ0) is 20.1. The van der Waals surface area contributed by atoms with Gasteiger partial charge in [0.25, 0.3) is 5.91 Å². The van der Waals surface area contributed by atoms with Crippen molar-refractivity contribution in [1.29, 1.82) is 5.26 Å². The third kappa shape index (κ3) is 4.41. The van der Waals surface area contributed by atoms with Crippen LogP contribution in [0.15, 0.2) is 67.0 Å². The van der Waals surface area contributed by atoms with Gasteiger partial charge in [-0.3, -0.25) is 4.79 Å². The van der Waals surface area contributed by atoms with Crippen molar-refractivity contribution in [3.63, 3.8) is 0 Å². The van der Waals surface area contributed by atoms with Gasteiger partial charge in [-0.25, -0.2) is 0 Å². The van der Waals surface area contributed by atoms with E-state index in [0.29, 0.717) is 23.0 Å². The highest BCUT2D eigenvalue weighted by molar-refractivity contribution is 6.00. The standard InChI is InChI=1S/C25H25N3O/c26-14-18-6-12-22(13-7-18)23-16-27-17-24(23)25(29)28-15-19-8-10-21(11-9-19)20-4-2-1-3-5-20/h1-7,12-13,16-17,19,21,27H,8-11,15H2,(H,28,29). The summed E-state index contributed by atoms with van der Waals surface area (Å²) in [6, 6.07) is 20.2. The lowest BCUT2D eigenvalue weighted by molar-refractivity contribution is 0.0943. The molecule has 0 saturated heterocycles. The number of nitrogens with one attached hydrogen (secondary N) is 2. The third-order valence-electron chi connectivity index (χ3n) is 5.98. The molecule has 1 heterocycles. The van der Waals surface area contributed by atoms with E-state index in [1.54, 1.807) is 18.3 Å². The highest BCUT2D eigenvalue weighted by atomic mass is 16.1. The number of carbonyl (C=O) groups excluding carboxylic acids is 1. The Morgan fingerprint density at radius 2 is 1.72 bits per heavy atom. The number of aromatic amines is 1. The van der Waals surface area contributed by atoms with E-state index >= 15 is 0 Å². The van der Waals surface area contributed by atoms with E-state index in [2.05, 4.69) is 46.7 Å².